The highest BCUT2D eigenvalue weighted by Gasteiger charge is 2.11. The van der Waals surface area contributed by atoms with Crippen molar-refractivity contribution in [3.05, 3.63) is 40.5 Å². The van der Waals surface area contributed by atoms with Crippen molar-refractivity contribution in [1.29, 1.82) is 0 Å². The zero-order valence-corrected chi connectivity index (χ0v) is 12.0. The molecule has 0 atom stereocenters. The fourth-order valence-electron chi connectivity index (χ4n) is 2.02. The summed E-state index contributed by atoms with van der Waals surface area (Å²) < 4.78 is 1.80. The summed E-state index contributed by atoms with van der Waals surface area (Å²) in [6, 6.07) is 7.76. The third-order valence-corrected chi connectivity index (χ3v) is 3.27. The van der Waals surface area contributed by atoms with E-state index in [1.165, 1.54) is 0 Å². The summed E-state index contributed by atoms with van der Waals surface area (Å²) in [6.07, 6.45) is 1.94. The number of halogens is 1. The highest BCUT2D eigenvalue weighted by atomic mass is 35.5. The zero-order chi connectivity index (χ0) is 13.8. The molecule has 0 fully saturated rings. The largest absolute Gasteiger partial charge is 0.394 e. The molecule has 1 aromatic heterocycles. The predicted octanol–water partition coefficient (Wildman–Crippen LogP) is 3.22. The number of rotatable bonds is 5. The second-order valence-electron chi connectivity index (χ2n) is 4.56. The molecule has 4 nitrogen and oxygen atoms in total. The summed E-state index contributed by atoms with van der Waals surface area (Å²) in [6.45, 7) is 2.82. The number of aryl methyl sites for hydroxylation is 2. The molecule has 0 bridgehead atoms. The van der Waals surface area contributed by atoms with Gasteiger partial charge in [0.15, 0.2) is 0 Å². The quantitative estimate of drug-likeness (QED) is 0.883. The van der Waals surface area contributed by atoms with Gasteiger partial charge in [0, 0.05) is 18.6 Å². The van der Waals surface area contributed by atoms with Crippen molar-refractivity contribution < 1.29 is 0 Å². The van der Waals surface area contributed by atoms with Crippen LogP contribution in [0.1, 0.15) is 24.6 Å². The Morgan fingerprint density at radius 3 is 2.63 bits per heavy atom. The van der Waals surface area contributed by atoms with Crippen LogP contribution in [0.4, 0.5) is 11.5 Å². The third kappa shape index (κ3) is 3.20. The molecule has 0 radical (unpaired) electrons. The minimum absolute atomic E-state index is 0.701. The first-order chi connectivity index (χ1) is 9.11. The number of nitrogens with zero attached hydrogens (tertiary/aromatic N) is 2. The molecule has 0 saturated heterocycles. The smallest absolute Gasteiger partial charge is 0.148 e. The van der Waals surface area contributed by atoms with Gasteiger partial charge in [0.1, 0.15) is 5.82 Å². The van der Waals surface area contributed by atoms with Gasteiger partial charge in [-0.3, -0.25) is 4.68 Å². The van der Waals surface area contributed by atoms with Crippen LogP contribution in [0.5, 0.6) is 0 Å². The van der Waals surface area contributed by atoms with Crippen molar-refractivity contribution in [2.75, 3.05) is 11.1 Å². The fraction of sp³-hybridized carbons (Fsp3) is 0.357. The molecule has 1 aromatic carbocycles. The van der Waals surface area contributed by atoms with Crippen LogP contribution >= 0.6 is 11.6 Å². The number of hydrogen-bond donors (Lipinski definition) is 2. The zero-order valence-electron chi connectivity index (χ0n) is 11.3. The van der Waals surface area contributed by atoms with Crippen LogP contribution in [0.15, 0.2) is 24.3 Å². The molecule has 2 rings (SSSR count). The Kier molecular flexibility index (Phi) is 4.32. The number of anilines is 2. The molecule has 5 heteroatoms. The lowest BCUT2D eigenvalue weighted by atomic mass is 10.2. The normalized spacial score (nSPS) is 10.7. The number of aromatic nitrogens is 2. The monoisotopic (exact) mass is 278 g/mol. The van der Waals surface area contributed by atoms with E-state index >= 15 is 0 Å². The first-order valence-electron chi connectivity index (χ1n) is 6.41. The van der Waals surface area contributed by atoms with Crippen LogP contribution in [0.25, 0.3) is 0 Å². The van der Waals surface area contributed by atoms with Gasteiger partial charge >= 0.3 is 0 Å². The van der Waals surface area contributed by atoms with E-state index in [2.05, 4.69) is 17.3 Å². The second-order valence-corrected chi connectivity index (χ2v) is 5.00. The average Bonchev–Trinajstić information content (AvgIpc) is 2.65. The first kappa shape index (κ1) is 13.7. The fourth-order valence-corrected chi connectivity index (χ4v) is 2.14. The molecule has 0 aliphatic carbocycles. The van der Waals surface area contributed by atoms with E-state index in [4.69, 9.17) is 17.3 Å². The highest BCUT2D eigenvalue weighted by molar-refractivity contribution is 6.30. The van der Waals surface area contributed by atoms with Crippen LogP contribution in [-0.4, -0.2) is 9.78 Å². The SMILES string of the molecule is CCCc1nn(C)c(NCc2ccc(Cl)cc2)c1N. The van der Waals surface area contributed by atoms with E-state index in [1.807, 2.05) is 31.3 Å². The second kappa shape index (κ2) is 5.97. The van der Waals surface area contributed by atoms with Crippen molar-refractivity contribution in [1.82, 2.24) is 9.78 Å². The van der Waals surface area contributed by atoms with E-state index < -0.39 is 0 Å². The van der Waals surface area contributed by atoms with E-state index in [0.29, 0.717) is 6.54 Å². The summed E-state index contributed by atoms with van der Waals surface area (Å²) in [5.74, 6) is 0.874. The molecule has 0 aliphatic heterocycles. The van der Waals surface area contributed by atoms with Crippen molar-refractivity contribution in [2.24, 2.45) is 7.05 Å². The van der Waals surface area contributed by atoms with Gasteiger partial charge < -0.3 is 11.1 Å². The van der Waals surface area contributed by atoms with Gasteiger partial charge in [0.2, 0.25) is 0 Å². The Morgan fingerprint density at radius 1 is 1.32 bits per heavy atom. The number of nitrogens with one attached hydrogen (secondary N) is 1. The Hall–Kier alpha value is -1.68. The lowest BCUT2D eigenvalue weighted by Crippen LogP contribution is -2.06. The van der Waals surface area contributed by atoms with Gasteiger partial charge in [-0.25, -0.2) is 0 Å². The maximum absolute atomic E-state index is 6.11. The van der Waals surface area contributed by atoms with Crippen molar-refractivity contribution >= 4 is 23.1 Å². The van der Waals surface area contributed by atoms with Crippen LogP contribution in [0.3, 0.4) is 0 Å². The maximum Gasteiger partial charge on any atom is 0.148 e. The number of hydrogen-bond acceptors (Lipinski definition) is 3. The van der Waals surface area contributed by atoms with Gasteiger partial charge in [0.25, 0.3) is 0 Å². The average molecular weight is 279 g/mol. The molecule has 102 valence electrons. The lowest BCUT2D eigenvalue weighted by molar-refractivity contribution is 0.735. The lowest BCUT2D eigenvalue weighted by Gasteiger charge is -2.08. The summed E-state index contributed by atoms with van der Waals surface area (Å²) in [7, 11) is 1.90. The molecule has 19 heavy (non-hydrogen) atoms. The Bertz CT molecular complexity index is 545. The third-order valence-electron chi connectivity index (χ3n) is 3.02. The molecule has 0 unspecified atom stereocenters. The van der Waals surface area contributed by atoms with E-state index in [0.717, 1.165) is 40.6 Å². The minimum atomic E-state index is 0.701. The topological polar surface area (TPSA) is 55.9 Å². The summed E-state index contributed by atoms with van der Waals surface area (Å²) >= 11 is 5.86. The Balaban J connectivity index is 2.09. The van der Waals surface area contributed by atoms with E-state index in [1.54, 1.807) is 4.68 Å². The summed E-state index contributed by atoms with van der Waals surface area (Å²) in [5.41, 5.74) is 8.98. The van der Waals surface area contributed by atoms with Crippen LogP contribution in [0.2, 0.25) is 5.02 Å². The number of nitrogens with two attached hydrogens (primary N) is 1. The molecule has 0 saturated carbocycles. The number of nitrogen functional groups attached to an aromatic ring is 1. The van der Waals surface area contributed by atoms with Crippen LogP contribution < -0.4 is 11.1 Å². The Morgan fingerprint density at radius 2 is 2.00 bits per heavy atom. The molecule has 2 aromatic rings. The van der Waals surface area contributed by atoms with Gasteiger partial charge in [0.05, 0.1) is 11.4 Å². The van der Waals surface area contributed by atoms with Crippen LogP contribution in [0, 0.1) is 0 Å². The molecule has 0 amide bonds. The molecule has 1 heterocycles. The minimum Gasteiger partial charge on any atom is -0.394 e. The first-order valence-corrected chi connectivity index (χ1v) is 6.79. The van der Waals surface area contributed by atoms with Crippen molar-refractivity contribution in [3.8, 4) is 0 Å². The number of benzene rings is 1. The Labute approximate surface area is 118 Å². The van der Waals surface area contributed by atoms with Gasteiger partial charge in [-0.1, -0.05) is 37.1 Å². The predicted molar refractivity (Wildman–Crippen MR) is 80.4 cm³/mol. The molecular weight excluding hydrogens is 260 g/mol. The van der Waals surface area contributed by atoms with Crippen LogP contribution in [-0.2, 0) is 20.0 Å². The molecule has 0 aliphatic rings. The molecular formula is C14H19ClN4. The van der Waals surface area contributed by atoms with E-state index in [-0.39, 0.29) is 0 Å². The standard InChI is InChI=1S/C14H19ClN4/c1-3-4-12-13(16)14(19(2)18-12)17-9-10-5-7-11(15)8-6-10/h5-8,17H,3-4,9,16H2,1-2H3. The van der Waals surface area contributed by atoms with E-state index in [9.17, 15) is 0 Å². The van der Waals surface area contributed by atoms with Crippen molar-refractivity contribution in [3.63, 3.8) is 0 Å². The molecule has 3 N–H and O–H groups in total. The highest BCUT2D eigenvalue weighted by Crippen LogP contribution is 2.23. The van der Waals surface area contributed by atoms with Crippen molar-refractivity contribution in [2.45, 2.75) is 26.3 Å². The van der Waals surface area contributed by atoms with Gasteiger partial charge in [-0.2, -0.15) is 5.10 Å². The molecule has 0 spiro atoms. The summed E-state index contributed by atoms with van der Waals surface area (Å²) in [4.78, 5) is 0. The maximum atomic E-state index is 6.11. The van der Waals surface area contributed by atoms with Gasteiger partial charge in [-0.05, 0) is 24.1 Å². The summed E-state index contributed by atoms with van der Waals surface area (Å²) in [5, 5.41) is 8.51. The van der Waals surface area contributed by atoms with Gasteiger partial charge in [-0.15, -0.1) is 0 Å².